The van der Waals surface area contributed by atoms with E-state index in [1.165, 1.54) is 4.90 Å². The summed E-state index contributed by atoms with van der Waals surface area (Å²) < 4.78 is 5.61. The number of anilines is 1. The number of benzene rings is 1. The highest BCUT2D eigenvalue weighted by Gasteiger charge is 2.33. The molecule has 0 radical (unpaired) electrons. The van der Waals surface area contributed by atoms with Gasteiger partial charge in [-0.15, -0.1) is 0 Å². The van der Waals surface area contributed by atoms with E-state index < -0.39 is 0 Å². The summed E-state index contributed by atoms with van der Waals surface area (Å²) in [5.74, 6) is -0.0992. The van der Waals surface area contributed by atoms with Gasteiger partial charge in [-0.2, -0.15) is 5.26 Å². The number of ether oxygens (including phenoxy) is 1. The number of hydrogen-bond donors (Lipinski definition) is 1. The Morgan fingerprint density at radius 2 is 2.11 bits per heavy atom. The van der Waals surface area contributed by atoms with E-state index in [9.17, 15) is 4.79 Å². The normalized spacial score (nSPS) is 16.3. The Morgan fingerprint density at radius 1 is 1.47 bits per heavy atom. The highest BCUT2D eigenvalue weighted by atomic mass is 16.5. The Balaban J connectivity index is 1.92. The second kappa shape index (κ2) is 5.39. The highest BCUT2D eigenvalue weighted by Crippen LogP contribution is 2.17. The molecule has 1 fully saturated rings. The van der Waals surface area contributed by atoms with E-state index in [4.69, 9.17) is 10.00 Å². The first-order valence-electron chi connectivity index (χ1n) is 6.15. The summed E-state index contributed by atoms with van der Waals surface area (Å²) in [7, 11) is 1.70. The lowest BCUT2D eigenvalue weighted by atomic mass is 10.0. The number of carbonyl (C=O) groups is 1. The van der Waals surface area contributed by atoms with Crippen molar-refractivity contribution in [2.45, 2.75) is 12.5 Å². The quantitative estimate of drug-likeness (QED) is 0.872. The molecule has 0 aliphatic carbocycles. The smallest absolute Gasteiger partial charge is 0.252 e. The summed E-state index contributed by atoms with van der Waals surface area (Å²) in [6.45, 7) is 3.61. The first kappa shape index (κ1) is 13.5. The lowest BCUT2D eigenvalue weighted by Crippen LogP contribution is -2.59. The van der Waals surface area contributed by atoms with E-state index in [2.05, 4.69) is 5.32 Å². The third kappa shape index (κ3) is 3.11. The van der Waals surface area contributed by atoms with Crippen LogP contribution in [0, 0.1) is 11.3 Å². The van der Waals surface area contributed by atoms with Gasteiger partial charge in [0.25, 0.3) is 5.91 Å². The van der Waals surface area contributed by atoms with Gasteiger partial charge < -0.3 is 15.0 Å². The maximum absolute atomic E-state index is 12.0. The van der Waals surface area contributed by atoms with Crippen molar-refractivity contribution in [3.8, 4) is 6.07 Å². The lowest BCUT2D eigenvalue weighted by molar-refractivity contribution is -0.133. The molecule has 0 spiro atoms. The molecule has 100 valence electrons. The molecular formula is C14H17N3O2. The molecule has 0 saturated carbocycles. The van der Waals surface area contributed by atoms with Gasteiger partial charge in [0.2, 0.25) is 0 Å². The van der Waals surface area contributed by atoms with Gasteiger partial charge in [-0.1, -0.05) is 0 Å². The molecule has 1 aliphatic rings. The van der Waals surface area contributed by atoms with Gasteiger partial charge in [-0.3, -0.25) is 4.79 Å². The Hall–Kier alpha value is -1.90. The number of nitrogens with zero attached hydrogens (tertiary/aromatic N) is 2. The van der Waals surface area contributed by atoms with Crippen LogP contribution in [0.2, 0.25) is 0 Å². The zero-order chi connectivity index (χ0) is 13.9. The van der Waals surface area contributed by atoms with Crippen molar-refractivity contribution in [2.75, 3.05) is 31.6 Å². The third-order valence-corrected chi connectivity index (χ3v) is 3.30. The zero-order valence-electron chi connectivity index (χ0n) is 11.1. The maximum Gasteiger partial charge on any atom is 0.252 e. The molecule has 1 aliphatic heterocycles. The molecule has 1 aromatic rings. The highest BCUT2D eigenvalue weighted by molar-refractivity contribution is 5.93. The maximum atomic E-state index is 12.0. The van der Waals surface area contributed by atoms with E-state index >= 15 is 0 Å². The van der Waals surface area contributed by atoms with Gasteiger partial charge in [0.15, 0.2) is 0 Å². The number of carbonyl (C=O) groups excluding carboxylic acids is 1. The van der Waals surface area contributed by atoms with Crippen molar-refractivity contribution in [2.24, 2.45) is 0 Å². The molecule has 0 aromatic heterocycles. The number of likely N-dealkylation sites (N-methyl/N-ethyl adjacent to an activating group) is 1. The van der Waals surface area contributed by atoms with E-state index in [-0.39, 0.29) is 18.1 Å². The van der Waals surface area contributed by atoms with Gasteiger partial charge in [-0.05, 0) is 31.2 Å². The van der Waals surface area contributed by atoms with Crippen LogP contribution in [0.3, 0.4) is 0 Å². The minimum absolute atomic E-state index is 0.0642. The minimum Gasteiger partial charge on any atom is -0.363 e. The van der Waals surface area contributed by atoms with Crippen LogP contribution in [0.15, 0.2) is 24.3 Å². The van der Waals surface area contributed by atoms with Crippen molar-refractivity contribution in [1.29, 1.82) is 5.26 Å². The molecule has 2 rings (SSSR count). The van der Waals surface area contributed by atoms with Crippen molar-refractivity contribution in [1.82, 2.24) is 5.32 Å². The topological polar surface area (TPSA) is 65.4 Å². The number of nitrogens with one attached hydrogen (secondary N) is 1. The fraction of sp³-hybridized carbons (Fsp3) is 0.429. The summed E-state index contributed by atoms with van der Waals surface area (Å²) in [6, 6.07) is 8.94. The van der Waals surface area contributed by atoms with E-state index in [1.54, 1.807) is 31.3 Å². The van der Waals surface area contributed by atoms with Gasteiger partial charge in [0.05, 0.1) is 17.2 Å². The van der Waals surface area contributed by atoms with Crippen LogP contribution in [0.1, 0.15) is 12.5 Å². The Bertz CT molecular complexity index is 500. The van der Waals surface area contributed by atoms with Gasteiger partial charge in [-0.25, -0.2) is 0 Å². The van der Waals surface area contributed by atoms with Crippen molar-refractivity contribution >= 4 is 11.6 Å². The van der Waals surface area contributed by atoms with Crippen LogP contribution in [-0.4, -0.2) is 38.3 Å². The molecule has 1 heterocycles. The first-order chi connectivity index (χ1) is 9.04. The molecule has 0 bridgehead atoms. The number of hydrogen-bond acceptors (Lipinski definition) is 4. The average molecular weight is 259 g/mol. The summed E-state index contributed by atoms with van der Waals surface area (Å²) >= 11 is 0. The predicted molar refractivity (Wildman–Crippen MR) is 71.8 cm³/mol. The first-order valence-corrected chi connectivity index (χ1v) is 6.15. The monoisotopic (exact) mass is 259 g/mol. The zero-order valence-corrected chi connectivity index (χ0v) is 11.1. The van der Waals surface area contributed by atoms with Crippen LogP contribution in [0.25, 0.3) is 0 Å². The van der Waals surface area contributed by atoms with Crippen molar-refractivity contribution in [3.63, 3.8) is 0 Å². The molecule has 5 heteroatoms. The summed E-state index contributed by atoms with van der Waals surface area (Å²) in [5, 5.41) is 11.8. The molecule has 1 N–H and O–H groups in total. The van der Waals surface area contributed by atoms with E-state index in [1.807, 2.05) is 13.0 Å². The van der Waals surface area contributed by atoms with Crippen molar-refractivity contribution in [3.05, 3.63) is 29.8 Å². The molecule has 1 aromatic carbocycles. The predicted octanol–water partition coefficient (Wildman–Crippen LogP) is 0.900. The largest absolute Gasteiger partial charge is 0.363 e. The number of nitriles is 1. The fourth-order valence-electron chi connectivity index (χ4n) is 1.82. The molecule has 1 saturated heterocycles. The molecule has 1 amide bonds. The third-order valence-electron chi connectivity index (χ3n) is 3.30. The van der Waals surface area contributed by atoms with Gasteiger partial charge in [0, 0.05) is 25.8 Å². The second-order valence-corrected chi connectivity index (χ2v) is 4.95. The fourth-order valence-corrected chi connectivity index (χ4v) is 1.82. The molecule has 5 nitrogen and oxygen atoms in total. The van der Waals surface area contributed by atoms with Crippen LogP contribution >= 0.6 is 0 Å². The standard InChI is InChI=1S/C14H17N3O2/c1-14(9-16-10-14)19-8-13(18)17(2)12-5-3-11(7-15)4-6-12/h3-6,16H,8-10H2,1-2H3. The molecule has 0 atom stereocenters. The van der Waals surface area contributed by atoms with E-state index in [0.29, 0.717) is 5.56 Å². The van der Waals surface area contributed by atoms with Gasteiger partial charge in [0.1, 0.15) is 6.61 Å². The number of rotatable bonds is 4. The Morgan fingerprint density at radius 3 is 2.58 bits per heavy atom. The van der Waals surface area contributed by atoms with Crippen LogP contribution in [0.4, 0.5) is 5.69 Å². The summed E-state index contributed by atoms with van der Waals surface area (Å²) in [4.78, 5) is 13.5. The molecule has 0 unspecified atom stereocenters. The average Bonchev–Trinajstić information content (AvgIpc) is 2.42. The van der Waals surface area contributed by atoms with Crippen LogP contribution < -0.4 is 10.2 Å². The lowest BCUT2D eigenvalue weighted by Gasteiger charge is -2.39. The van der Waals surface area contributed by atoms with Gasteiger partial charge >= 0.3 is 0 Å². The molecule has 19 heavy (non-hydrogen) atoms. The Labute approximate surface area is 112 Å². The van der Waals surface area contributed by atoms with Crippen LogP contribution in [-0.2, 0) is 9.53 Å². The SMILES string of the molecule is CN(C(=O)COC1(C)CNC1)c1ccc(C#N)cc1. The van der Waals surface area contributed by atoms with E-state index in [0.717, 1.165) is 18.8 Å². The summed E-state index contributed by atoms with van der Waals surface area (Å²) in [6.07, 6.45) is 0. The van der Waals surface area contributed by atoms with Crippen LogP contribution in [0.5, 0.6) is 0 Å². The second-order valence-electron chi connectivity index (χ2n) is 4.95. The van der Waals surface area contributed by atoms with Crippen molar-refractivity contribution < 1.29 is 9.53 Å². The number of amides is 1. The Kier molecular flexibility index (Phi) is 3.84. The minimum atomic E-state index is -0.221. The summed E-state index contributed by atoms with van der Waals surface area (Å²) in [5.41, 5.74) is 1.11. The molecular weight excluding hydrogens is 242 g/mol.